The maximum absolute atomic E-state index is 11.6. The molecule has 0 saturated heterocycles. The summed E-state index contributed by atoms with van der Waals surface area (Å²) in [5.41, 5.74) is 2.94. The van der Waals surface area contributed by atoms with Crippen molar-refractivity contribution in [1.82, 2.24) is 0 Å². The van der Waals surface area contributed by atoms with E-state index in [2.05, 4.69) is 0 Å². The summed E-state index contributed by atoms with van der Waals surface area (Å²) in [7, 11) is 0. The van der Waals surface area contributed by atoms with E-state index in [1.54, 1.807) is 6.08 Å². The summed E-state index contributed by atoms with van der Waals surface area (Å²) in [5.74, 6) is -0.0209. The number of aliphatic hydroxyl groups is 1. The van der Waals surface area contributed by atoms with E-state index in [1.807, 2.05) is 30.3 Å². The molecule has 0 unspecified atom stereocenters. The molecular weight excluding hydrogens is 188 g/mol. The van der Waals surface area contributed by atoms with E-state index in [1.165, 1.54) is 6.08 Å². The minimum atomic E-state index is -0.124. The van der Waals surface area contributed by atoms with Crippen molar-refractivity contribution < 1.29 is 9.90 Å². The molecule has 72 valence electrons. The van der Waals surface area contributed by atoms with Crippen LogP contribution in [0.3, 0.4) is 0 Å². The van der Waals surface area contributed by atoms with Gasteiger partial charge in [-0.05, 0) is 17.2 Å². The fourth-order valence-electron chi connectivity index (χ4n) is 2.06. The number of ketones is 1. The van der Waals surface area contributed by atoms with Crippen molar-refractivity contribution in [3.8, 4) is 0 Å². The number of hydrogen-bond donors (Lipinski definition) is 1. The Morgan fingerprint density at radius 2 is 1.80 bits per heavy atom. The van der Waals surface area contributed by atoms with E-state index < -0.39 is 0 Å². The van der Waals surface area contributed by atoms with Gasteiger partial charge in [-0.1, -0.05) is 36.4 Å². The topological polar surface area (TPSA) is 37.3 Å². The summed E-state index contributed by atoms with van der Waals surface area (Å²) >= 11 is 0. The van der Waals surface area contributed by atoms with Crippen LogP contribution in [-0.4, -0.2) is 10.9 Å². The van der Waals surface area contributed by atoms with Gasteiger partial charge < -0.3 is 5.11 Å². The molecule has 0 aromatic heterocycles. The Labute approximate surface area is 86.9 Å². The van der Waals surface area contributed by atoms with Crippen LogP contribution >= 0.6 is 0 Å². The van der Waals surface area contributed by atoms with Crippen LogP contribution in [0.25, 0.3) is 11.3 Å². The van der Waals surface area contributed by atoms with Gasteiger partial charge in [-0.3, -0.25) is 4.79 Å². The minimum absolute atomic E-state index is 0.103. The second kappa shape index (κ2) is 2.70. The smallest absolute Gasteiger partial charge is 0.190 e. The molecular formula is C13H8O2. The molecule has 0 aliphatic heterocycles. The molecule has 0 saturated carbocycles. The monoisotopic (exact) mass is 196 g/mol. The molecule has 15 heavy (non-hydrogen) atoms. The van der Waals surface area contributed by atoms with Crippen LogP contribution < -0.4 is 0 Å². The summed E-state index contributed by atoms with van der Waals surface area (Å²) in [5, 5.41) is 9.93. The van der Waals surface area contributed by atoms with Crippen LogP contribution in [0.5, 0.6) is 0 Å². The predicted octanol–water partition coefficient (Wildman–Crippen LogP) is 2.49. The van der Waals surface area contributed by atoms with Gasteiger partial charge in [0.25, 0.3) is 0 Å². The molecule has 2 nitrogen and oxygen atoms in total. The highest BCUT2D eigenvalue weighted by Gasteiger charge is 2.30. The van der Waals surface area contributed by atoms with Crippen molar-refractivity contribution >= 4 is 17.1 Å². The molecule has 0 heterocycles. The number of hydrogen-bond acceptors (Lipinski definition) is 2. The molecule has 3 rings (SSSR count). The normalized spacial score (nSPS) is 17.6. The third kappa shape index (κ3) is 0.960. The van der Waals surface area contributed by atoms with Gasteiger partial charge in [-0.25, -0.2) is 0 Å². The van der Waals surface area contributed by atoms with Gasteiger partial charge in [0, 0.05) is 5.56 Å². The SMILES string of the molecule is O=C1C=CC=C2C1=C(O)c1ccccc12. The number of benzene rings is 1. The fraction of sp³-hybridized carbons (Fsp3) is 0. The van der Waals surface area contributed by atoms with Crippen molar-refractivity contribution in [3.63, 3.8) is 0 Å². The number of carbonyl (C=O) groups excluding carboxylic acids is 1. The largest absolute Gasteiger partial charge is 0.507 e. The zero-order valence-electron chi connectivity index (χ0n) is 7.90. The first-order valence-electron chi connectivity index (χ1n) is 4.75. The third-order valence-corrected chi connectivity index (χ3v) is 2.74. The first-order chi connectivity index (χ1) is 7.29. The van der Waals surface area contributed by atoms with E-state index in [4.69, 9.17) is 0 Å². The van der Waals surface area contributed by atoms with E-state index in [-0.39, 0.29) is 11.5 Å². The Kier molecular flexibility index (Phi) is 1.48. The third-order valence-electron chi connectivity index (χ3n) is 2.74. The van der Waals surface area contributed by atoms with Crippen molar-refractivity contribution in [2.24, 2.45) is 0 Å². The average Bonchev–Trinajstić information content (AvgIpc) is 2.55. The lowest BCUT2D eigenvalue weighted by Gasteiger charge is -2.05. The van der Waals surface area contributed by atoms with E-state index in [9.17, 15) is 9.90 Å². The van der Waals surface area contributed by atoms with Gasteiger partial charge in [0.05, 0.1) is 5.57 Å². The highest BCUT2D eigenvalue weighted by molar-refractivity contribution is 6.24. The summed E-state index contributed by atoms with van der Waals surface area (Å²) in [4.78, 5) is 11.6. The molecule has 0 radical (unpaired) electrons. The molecule has 1 N–H and O–H groups in total. The molecule has 2 aliphatic carbocycles. The molecule has 0 atom stereocenters. The van der Waals surface area contributed by atoms with Crippen molar-refractivity contribution in [1.29, 1.82) is 0 Å². The van der Waals surface area contributed by atoms with Crippen LogP contribution in [-0.2, 0) is 4.79 Å². The summed E-state index contributed by atoms with van der Waals surface area (Å²) in [6.07, 6.45) is 5.05. The zero-order valence-corrected chi connectivity index (χ0v) is 7.90. The fourth-order valence-corrected chi connectivity index (χ4v) is 2.06. The molecule has 2 aliphatic rings. The summed E-state index contributed by atoms with van der Waals surface area (Å²) < 4.78 is 0. The van der Waals surface area contributed by atoms with Gasteiger partial charge in [0.2, 0.25) is 0 Å². The van der Waals surface area contributed by atoms with Gasteiger partial charge in [0.1, 0.15) is 5.76 Å². The Bertz CT molecular complexity index is 560. The summed E-state index contributed by atoms with van der Waals surface area (Å²) in [6, 6.07) is 7.49. The van der Waals surface area contributed by atoms with Crippen molar-refractivity contribution in [2.75, 3.05) is 0 Å². The lowest BCUT2D eigenvalue weighted by atomic mass is 9.96. The Balaban J connectivity index is 2.36. The van der Waals surface area contributed by atoms with Crippen molar-refractivity contribution in [3.05, 3.63) is 59.2 Å². The maximum atomic E-state index is 11.6. The zero-order chi connectivity index (χ0) is 10.4. The molecule has 0 bridgehead atoms. The lowest BCUT2D eigenvalue weighted by molar-refractivity contribution is -0.111. The molecule has 1 aromatic rings. The standard InChI is InChI=1S/C13H8O2/c14-11-7-3-6-9-8-4-1-2-5-10(8)13(15)12(9)11/h1-7,15H. The second-order valence-electron chi connectivity index (χ2n) is 3.57. The first-order valence-corrected chi connectivity index (χ1v) is 4.75. The number of carbonyl (C=O) groups is 1. The predicted molar refractivity (Wildman–Crippen MR) is 58.1 cm³/mol. The maximum Gasteiger partial charge on any atom is 0.190 e. The lowest BCUT2D eigenvalue weighted by Crippen LogP contribution is -2.02. The molecule has 1 aromatic carbocycles. The number of aliphatic hydroxyl groups excluding tert-OH is 1. The van der Waals surface area contributed by atoms with Gasteiger partial charge in [0.15, 0.2) is 5.78 Å². The van der Waals surface area contributed by atoms with E-state index in [0.29, 0.717) is 5.57 Å². The molecule has 0 spiro atoms. The molecule has 0 fully saturated rings. The number of rotatable bonds is 0. The number of fused-ring (bicyclic) bond motifs is 3. The summed E-state index contributed by atoms with van der Waals surface area (Å²) in [6.45, 7) is 0. The average molecular weight is 196 g/mol. The van der Waals surface area contributed by atoms with Crippen LogP contribution in [0.1, 0.15) is 11.1 Å². The minimum Gasteiger partial charge on any atom is -0.507 e. The Morgan fingerprint density at radius 3 is 2.60 bits per heavy atom. The van der Waals surface area contributed by atoms with Gasteiger partial charge >= 0.3 is 0 Å². The van der Waals surface area contributed by atoms with Gasteiger partial charge in [-0.2, -0.15) is 0 Å². The molecule has 0 amide bonds. The van der Waals surface area contributed by atoms with Crippen LogP contribution in [0, 0.1) is 0 Å². The van der Waals surface area contributed by atoms with Crippen LogP contribution in [0.15, 0.2) is 48.1 Å². The molecule has 2 heteroatoms. The van der Waals surface area contributed by atoms with Gasteiger partial charge in [-0.15, -0.1) is 0 Å². The second-order valence-corrected chi connectivity index (χ2v) is 3.57. The quantitative estimate of drug-likeness (QED) is 0.692. The Hall–Kier alpha value is -2.09. The Morgan fingerprint density at radius 1 is 1.07 bits per heavy atom. The van der Waals surface area contributed by atoms with Crippen LogP contribution in [0.2, 0.25) is 0 Å². The highest BCUT2D eigenvalue weighted by Crippen LogP contribution is 2.41. The van der Waals surface area contributed by atoms with Crippen molar-refractivity contribution in [2.45, 2.75) is 0 Å². The highest BCUT2D eigenvalue weighted by atomic mass is 16.3. The van der Waals surface area contributed by atoms with E-state index >= 15 is 0 Å². The first kappa shape index (κ1) is 8.24. The number of allylic oxidation sites excluding steroid dienone is 5. The van der Waals surface area contributed by atoms with Crippen LogP contribution in [0.4, 0.5) is 0 Å². The van der Waals surface area contributed by atoms with E-state index in [0.717, 1.165) is 16.7 Å².